The van der Waals surface area contributed by atoms with Crippen molar-refractivity contribution < 1.29 is 4.74 Å². The Morgan fingerprint density at radius 1 is 1.30 bits per heavy atom. The number of fused-ring (bicyclic) bond motifs is 3. The zero-order chi connectivity index (χ0) is 18.4. The third-order valence-electron chi connectivity index (χ3n) is 7.41. The molecule has 4 aliphatic rings. The molecule has 2 saturated carbocycles. The number of aromatic nitrogens is 1. The van der Waals surface area contributed by atoms with Gasteiger partial charge < -0.3 is 15.0 Å². The van der Waals surface area contributed by atoms with Crippen LogP contribution < -0.4 is 5.32 Å². The summed E-state index contributed by atoms with van der Waals surface area (Å²) in [6.45, 7) is 1.79. The van der Waals surface area contributed by atoms with E-state index >= 15 is 0 Å². The van der Waals surface area contributed by atoms with E-state index in [0.29, 0.717) is 23.5 Å². The van der Waals surface area contributed by atoms with Gasteiger partial charge in [-0.1, -0.05) is 12.8 Å². The van der Waals surface area contributed by atoms with Crippen LogP contribution in [-0.2, 0) is 24.1 Å². The number of aryl methyl sites for hydroxylation is 2. The van der Waals surface area contributed by atoms with Crippen molar-refractivity contribution in [3.63, 3.8) is 0 Å². The number of guanidine groups is 1. The van der Waals surface area contributed by atoms with Crippen LogP contribution in [0.15, 0.2) is 4.99 Å². The quantitative estimate of drug-likeness (QED) is 0.637. The van der Waals surface area contributed by atoms with E-state index < -0.39 is 0 Å². The molecule has 1 N–H and O–H groups in total. The molecule has 3 aliphatic carbocycles. The van der Waals surface area contributed by atoms with Crippen LogP contribution in [0.25, 0.3) is 0 Å². The van der Waals surface area contributed by atoms with Crippen molar-refractivity contribution in [3.05, 3.63) is 15.6 Å². The van der Waals surface area contributed by atoms with Gasteiger partial charge in [0.05, 0.1) is 18.3 Å². The van der Waals surface area contributed by atoms with Gasteiger partial charge in [-0.15, -0.1) is 11.3 Å². The molecular weight excluding hydrogens is 356 g/mol. The molecule has 6 heteroatoms. The van der Waals surface area contributed by atoms with E-state index in [1.54, 1.807) is 0 Å². The fraction of sp³-hybridized carbons (Fsp3) is 0.810. The Labute approximate surface area is 166 Å². The second kappa shape index (κ2) is 7.03. The van der Waals surface area contributed by atoms with Gasteiger partial charge in [-0.05, 0) is 44.9 Å². The van der Waals surface area contributed by atoms with Gasteiger partial charge in [0, 0.05) is 43.0 Å². The first-order valence-corrected chi connectivity index (χ1v) is 11.6. The van der Waals surface area contributed by atoms with Crippen molar-refractivity contribution in [2.24, 2.45) is 16.3 Å². The lowest BCUT2D eigenvalue weighted by Crippen LogP contribution is -2.69. The van der Waals surface area contributed by atoms with Crippen LogP contribution >= 0.6 is 11.3 Å². The van der Waals surface area contributed by atoms with E-state index in [0.717, 1.165) is 25.5 Å². The molecule has 2 heterocycles. The van der Waals surface area contributed by atoms with Gasteiger partial charge in [0.15, 0.2) is 5.96 Å². The normalized spacial score (nSPS) is 31.5. The van der Waals surface area contributed by atoms with Crippen LogP contribution in [-0.4, -0.2) is 48.7 Å². The zero-order valence-electron chi connectivity index (χ0n) is 16.7. The smallest absolute Gasteiger partial charge is 0.194 e. The summed E-state index contributed by atoms with van der Waals surface area (Å²) in [5.74, 6) is 1.69. The molecule has 3 atom stereocenters. The summed E-state index contributed by atoms with van der Waals surface area (Å²) >= 11 is 1.91. The minimum absolute atomic E-state index is 0.359. The van der Waals surface area contributed by atoms with Crippen molar-refractivity contribution in [2.75, 3.05) is 20.7 Å². The van der Waals surface area contributed by atoms with Crippen molar-refractivity contribution in [2.45, 2.75) is 76.5 Å². The van der Waals surface area contributed by atoms with E-state index in [1.807, 2.05) is 18.4 Å². The summed E-state index contributed by atoms with van der Waals surface area (Å²) in [6, 6.07) is 0.526. The standard InChI is InChI=1S/C21H32N4OS/c1-22-20(25(2)13-17-23-15-7-3-4-8-16(15)27-17)24-18-14-9-12-26-19(14)21(18)10-5-6-11-21/h14,18-19H,3-13H2,1-2H3,(H,22,24). The lowest BCUT2D eigenvalue weighted by Gasteiger charge is -2.57. The molecular formula is C21H32N4OS. The van der Waals surface area contributed by atoms with Crippen molar-refractivity contribution in [3.8, 4) is 0 Å². The molecule has 1 spiro atoms. The summed E-state index contributed by atoms with van der Waals surface area (Å²) in [5.41, 5.74) is 1.71. The Bertz CT molecular complexity index is 700. The third-order valence-corrected chi connectivity index (χ3v) is 8.55. The maximum atomic E-state index is 6.14. The van der Waals surface area contributed by atoms with Crippen LogP contribution in [0.5, 0.6) is 0 Å². The number of nitrogens with zero attached hydrogens (tertiary/aromatic N) is 3. The molecule has 27 heavy (non-hydrogen) atoms. The Hall–Kier alpha value is -1.14. The van der Waals surface area contributed by atoms with Crippen molar-refractivity contribution in [1.29, 1.82) is 0 Å². The maximum Gasteiger partial charge on any atom is 0.194 e. The number of ether oxygens (including phenoxy) is 1. The monoisotopic (exact) mass is 388 g/mol. The number of rotatable bonds is 3. The minimum Gasteiger partial charge on any atom is -0.377 e. The van der Waals surface area contributed by atoms with E-state index in [4.69, 9.17) is 9.72 Å². The van der Waals surface area contributed by atoms with Crippen LogP contribution in [0, 0.1) is 11.3 Å². The molecule has 0 bridgehead atoms. The number of hydrogen-bond acceptors (Lipinski definition) is 4. The average Bonchev–Trinajstić information content (AvgIpc) is 3.40. The Balaban J connectivity index is 1.28. The van der Waals surface area contributed by atoms with Crippen molar-refractivity contribution in [1.82, 2.24) is 15.2 Å². The molecule has 5 nitrogen and oxygen atoms in total. The first-order chi connectivity index (χ1) is 13.2. The Morgan fingerprint density at radius 2 is 2.11 bits per heavy atom. The van der Waals surface area contributed by atoms with Crippen molar-refractivity contribution >= 4 is 17.3 Å². The van der Waals surface area contributed by atoms with Gasteiger partial charge in [0.1, 0.15) is 5.01 Å². The Morgan fingerprint density at radius 3 is 2.89 bits per heavy atom. The SMILES string of the molecule is CN=C(NC1C2CCOC2C12CCCC2)N(C)Cc1nc2c(s1)CCCC2. The fourth-order valence-corrected chi connectivity index (χ4v) is 7.35. The van der Waals surface area contributed by atoms with E-state index in [-0.39, 0.29) is 0 Å². The molecule has 3 unspecified atom stereocenters. The highest BCUT2D eigenvalue weighted by Gasteiger charge is 2.65. The van der Waals surface area contributed by atoms with E-state index in [2.05, 4.69) is 22.3 Å². The molecule has 1 aliphatic heterocycles. The highest BCUT2D eigenvalue weighted by molar-refractivity contribution is 7.11. The molecule has 1 saturated heterocycles. The molecule has 3 fully saturated rings. The van der Waals surface area contributed by atoms with Gasteiger partial charge in [-0.25, -0.2) is 4.98 Å². The van der Waals surface area contributed by atoms with Crippen LogP contribution in [0.4, 0.5) is 0 Å². The lowest BCUT2D eigenvalue weighted by molar-refractivity contribution is -0.125. The number of thiazole rings is 1. The fourth-order valence-electron chi connectivity index (χ4n) is 6.14. The Kier molecular flexibility index (Phi) is 4.67. The molecule has 0 amide bonds. The van der Waals surface area contributed by atoms with E-state index in [1.165, 1.54) is 66.9 Å². The topological polar surface area (TPSA) is 49.8 Å². The van der Waals surface area contributed by atoms with Gasteiger partial charge >= 0.3 is 0 Å². The maximum absolute atomic E-state index is 6.14. The molecule has 0 radical (unpaired) electrons. The lowest BCUT2D eigenvalue weighted by atomic mass is 9.54. The largest absolute Gasteiger partial charge is 0.377 e. The summed E-state index contributed by atoms with van der Waals surface area (Å²) in [6.07, 6.45) is 12.0. The third kappa shape index (κ3) is 2.91. The van der Waals surface area contributed by atoms with Crippen LogP contribution in [0.1, 0.15) is 60.5 Å². The molecule has 0 aromatic carbocycles. The highest BCUT2D eigenvalue weighted by atomic mass is 32.1. The molecule has 5 rings (SSSR count). The summed E-state index contributed by atoms with van der Waals surface area (Å²) in [7, 11) is 4.06. The van der Waals surface area contributed by atoms with Gasteiger partial charge in [-0.3, -0.25) is 4.99 Å². The minimum atomic E-state index is 0.359. The second-order valence-electron chi connectivity index (χ2n) is 8.89. The number of nitrogens with one attached hydrogen (secondary N) is 1. The predicted molar refractivity (Wildman–Crippen MR) is 109 cm³/mol. The van der Waals surface area contributed by atoms with Gasteiger partial charge in [-0.2, -0.15) is 0 Å². The average molecular weight is 389 g/mol. The summed E-state index contributed by atoms with van der Waals surface area (Å²) < 4.78 is 6.14. The molecule has 1 aromatic heterocycles. The van der Waals surface area contributed by atoms with Crippen LogP contribution in [0.3, 0.4) is 0 Å². The first kappa shape index (κ1) is 17.9. The highest BCUT2D eigenvalue weighted by Crippen LogP contribution is 2.60. The molecule has 148 valence electrons. The number of aliphatic imine (C=N–C) groups is 1. The zero-order valence-corrected chi connectivity index (χ0v) is 17.5. The molecule has 1 aromatic rings. The van der Waals surface area contributed by atoms with E-state index in [9.17, 15) is 0 Å². The predicted octanol–water partition coefficient (Wildman–Crippen LogP) is 3.38. The number of hydrogen-bond donors (Lipinski definition) is 1. The van der Waals surface area contributed by atoms with Gasteiger partial charge in [0.25, 0.3) is 0 Å². The first-order valence-electron chi connectivity index (χ1n) is 10.7. The van der Waals surface area contributed by atoms with Crippen LogP contribution in [0.2, 0.25) is 0 Å². The van der Waals surface area contributed by atoms with Gasteiger partial charge in [0.2, 0.25) is 0 Å². The second-order valence-corrected chi connectivity index (χ2v) is 10.1. The summed E-state index contributed by atoms with van der Waals surface area (Å²) in [5, 5.41) is 5.10. The summed E-state index contributed by atoms with van der Waals surface area (Å²) in [4.78, 5) is 13.3.